The molecule has 0 saturated heterocycles. The van der Waals surface area contributed by atoms with Crippen LogP contribution in [0.25, 0.3) is 0 Å². The van der Waals surface area contributed by atoms with Gasteiger partial charge in [0.15, 0.2) is 0 Å². The third kappa shape index (κ3) is 3.73. The molecule has 0 aromatic heterocycles. The standard InChI is InChI=1S/C13H21ClN2O3/c1-16-10(4-5-15)13(17)8-6-9(14)12(19-3)7-11(8)18-2/h6-7,10,13,16-17H,4-5,15H2,1-3H3. The van der Waals surface area contributed by atoms with Crippen LogP contribution in [0.4, 0.5) is 0 Å². The zero-order chi connectivity index (χ0) is 14.4. The number of aliphatic hydroxyl groups is 1. The van der Waals surface area contributed by atoms with Gasteiger partial charge in [0.05, 0.1) is 25.3 Å². The summed E-state index contributed by atoms with van der Waals surface area (Å²) >= 11 is 6.09. The van der Waals surface area contributed by atoms with Gasteiger partial charge in [0.1, 0.15) is 11.5 Å². The lowest BCUT2D eigenvalue weighted by Gasteiger charge is -2.24. The molecule has 0 bridgehead atoms. The van der Waals surface area contributed by atoms with Crippen molar-refractivity contribution in [1.82, 2.24) is 5.32 Å². The minimum Gasteiger partial charge on any atom is -0.496 e. The summed E-state index contributed by atoms with van der Waals surface area (Å²) in [4.78, 5) is 0. The SMILES string of the molecule is CNC(CCN)C(O)c1cc(Cl)c(OC)cc1OC. The molecule has 1 rings (SSSR count). The monoisotopic (exact) mass is 288 g/mol. The van der Waals surface area contributed by atoms with Gasteiger partial charge in [-0.15, -0.1) is 0 Å². The molecule has 0 radical (unpaired) electrons. The molecule has 0 spiro atoms. The zero-order valence-corrected chi connectivity index (χ0v) is 12.2. The molecule has 0 saturated carbocycles. The van der Waals surface area contributed by atoms with Gasteiger partial charge in [0, 0.05) is 17.7 Å². The summed E-state index contributed by atoms with van der Waals surface area (Å²) in [6.45, 7) is 0.481. The highest BCUT2D eigenvalue weighted by Gasteiger charge is 2.23. The maximum absolute atomic E-state index is 10.4. The second-order valence-corrected chi connectivity index (χ2v) is 4.55. The zero-order valence-electron chi connectivity index (χ0n) is 11.4. The first-order valence-electron chi connectivity index (χ1n) is 6.05. The number of likely N-dealkylation sites (N-methyl/N-ethyl adjacent to an activating group) is 1. The number of nitrogens with one attached hydrogen (secondary N) is 1. The van der Waals surface area contributed by atoms with E-state index in [0.717, 1.165) is 0 Å². The van der Waals surface area contributed by atoms with Gasteiger partial charge in [-0.25, -0.2) is 0 Å². The first-order chi connectivity index (χ1) is 9.08. The molecule has 0 heterocycles. The van der Waals surface area contributed by atoms with E-state index in [2.05, 4.69) is 5.32 Å². The number of benzene rings is 1. The number of hydrogen-bond acceptors (Lipinski definition) is 5. The first kappa shape index (κ1) is 16.0. The summed E-state index contributed by atoms with van der Waals surface area (Å²) in [5.41, 5.74) is 6.15. The van der Waals surface area contributed by atoms with E-state index >= 15 is 0 Å². The highest BCUT2D eigenvalue weighted by Crippen LogP contribution is 2.36. The van der Waals surface area contributed by atoms with E-state index in [4.69, 9.17) is 26.8 Å². The Kier molecular flexibility index (Phi) is 6.37. The molecular weight excluding hydrogens is 268 g/mol. The molecule has 0 aliphatic rings. The van der Waals surface area contributed by atoms with Crippen LogP contribution in [0.1, 0.15) is 18.1 Å². The molecule has 4 N–H and O–H groups in total. The fraction of sp³-hybridized carbons (Fsp3) is 0.538. The Morgan fingerprint density at radius 2 is 1.95 bits per heavy atom. The van der Waals surface area contributed by atoms with E-state index in [1.165, 1.54) is 14.2 Å². The molecule has 6 heteroatoms. The van der Waals surface area contributed by atoms with Gasteiger partial charge in [-0.3, -0.25) is 0 Å². The molecule has 1 aromatic carbocycles. The Labute approximate surface area is 118 Å². The first-order valence-corrected chi connectivity index (χ1v) is 6.43. The van der Waals surface area contributed by atoms with E-state index in [1.54, 1.807) is 19.2 Å². The van der Waals surface area contributed by atoms with Gasteiger partial charge in [-0.1, -0.05) is 11.6 Å². The minimum absolute atomic E-state index is 0.164. The van der Waals surface area contributed by atoms with Crippen molar-refractivity contribution in [2.24, 2.45) is 5.73 Å². The van der Waals surface area contributed by atoms with Crippen molar-refractivity contribution >= 4 is 11.6 Å². The number of halogens is 1. The summed E-state index contributed by atoms with van der Waals surface area (Å²) < 4.78 is 10.4. The molecular formula is C13H21ClN2O3. The van der Waals surface area contributed by atoms with E-state index in [0.29, 0.717) is 35.1 Å². The van der Waals surface area contributed by atoms with Crippen molar-refractivity contribution in [3.63, 3.8) is 0 Å². The van der Waals surface area contributed by atoms with Crippen LogP contribution >= 0.6 is 11.6 Å². The summed E-state index contributed by atoms with van der Waals surface area (Å²) in [5, 5.41) is 13.9. The molecule has 19 heavy (non-hydrogen) atoms. The van der Waals surface area contributed by atoms with E-state index < -0.39 is 6.10 Å². The molecule has 2 unspecified atom stereocenters. The Balaban J connectivity index is 3.13. The Bertz CT molecular complexity index is 415. The molecule has 0 fully saturated rings. The molecule has 0 amide bonds. The highest BCUT2D eigenvalue weighted by molar-refractivity contribution is 6.32. The molecule has 5 nitrogen and oxygen atoms in total. The Morgan fingerprint density at radius 3 is 2.42 bits per heavy atom. The molecule has 2 atom stereocenters. The molecule has 0 aliphatic heterocycles. The highest BCUT2D eigenvalue weighted by atomic mass is 35.5. The third-order valence-electron chi connectivity index (χ3n) is 3.05. The minimum atomic E-state index is -0.757. The van der Waals surface area contributed by atoms with Crippen molar-refractivity contribution in [2.45, 2.75) is 18.6 Å². The van der Waals surface area contributed by atoms with Crippen LogP contribution in [0, 0.1) is 0 Å². The lowest BCUT2D eigenvalue weighted by Crippen LogP contribution is -2.34. The van der Waals surface area contributed by atoms with Crippen LogP contribution in [-0.4, -0.2) is 39.0 Å². The largest absolute Gasteiger partial charge is 0.496 e. The lowest BCUT2D eigenvalue weighted by molar-refractivity contribution is 0.125. The Morgan fingerprint density at radius 1 is 1.32 bits per heavy atom. The van der Waals surface area contributed by atoms with Crippen LogP contribution in [0.2, 0.25) is 5.02 Å². The van der Waals surface area contributed by atoms with Gasteiger partial charge in [-0.2, -0.15) is 0 Å². The van der Waals surface area contributed by atoms with Gasteiger partial charge < -0.3 is 25.6 Å². The molecule has 1 aromatic rings. The second kappa shape index (κ2) is 7.55. The van der Waals surface area contributed by atoms with Crippen molar-refractivity contribution in [3.8, 4) is 11.5 Å². The topological polar surface area (TPSA) is 76.7 Å². The fourth-order valence-electron chi connectivity index (χ4n) is 1.97. The van der Waals surface area contributed by atoms with Crippen molar-refractivity contribution in [2.75, 3.05) is 27.8 Å². The number of hydrogen-bond donors (Lipinski definition) is 3. The average molecular weight is 289 g/mol. The number of nitrogens with two attached hydrogens (primary N) is 1. The summed E-state index contributed by atoms with van der Waals surface area (Å²) in [5.74, 6) is 1.04. The number of rotatable bonds is 7. The van der Waals surface area contributed by atoms with Crippen LogP contribution < -0.4 is 20.5 Å². The van der Waals surface area contributed by atoms with Crippen molar-refractivity contribution in [1.29, 1.82) is 0 Å². The number of ether oxygens (including phenoxy) is 2. The van der Waals surface area contributed by atoms with Crippen LogP contribution in [0.5, 0.6) is 11.5 Å². The van der Waals surface area contributed by atoms with Crippen LogP contribution in [-0.2, 0) is 0 Å². The quantitative estimate of drug-likeness (QED) is 0.706. The maximum atomic E-state index is 10.4. The lowest BCUT2D eigenvalue weighted by atomic mass is 9.98. The normalized spacial score (nSPS) is 14.0. The predicted octanol–water partition coefficient (Wildman–Crippen LogP) is 1.33. The van der Waals surface area contributed by atoms with Crippen molar-refractivity contribution < 1.29 is 14.6 Å². The van der Waals surface area contributed by atoms with Crippen LogP contribution in [0.3, 0.4) is 0 Å². The van der Waals surface area contributed by atoms with Gasteiger partial charge in [-0.05, 0) is 26.1 Å². The number of aliphatic hydroxyl groups excluding tert-OH is 1. The van der Waals surface area contributed by atoms with Gasteiger partial charge in [0.2, 0.25) is 0 Å². The van der Waals surface area contributed by atoms with E-state index in [1.807, 2.05) is 0 Å². The smallest absolute Gasteiger partial charge is 0.141 e. The number of methoxy groups -OCH3 is 2. The predicted molar refractivity (Wildman–Crippen MR) is 76.0 cm³/mol. The fourth-order valence-corrected chi connectivity index (χ4v) is 2.22. The van der Waals surface area contributed by atoms with E-state index in [9.17, 15) is 5.11 Å². The molecule has 0 aliphatic carbocycles. The van der Waals surface area contributed by atoms with Crippen LogP contribution in [0.15, 0.2) is 12.1 Å². The maximum Gasteiger partial charge on any atom is 0.141 e. The van der Waals surface area contributed by atoms with Crippen molar-refractivity contribution in [3.05, 3.63) is 22.7 Å². The summed E-state index contributed by atoms with van der Waals surface area (Å²) in [7, 11) is 4.85. The average Bonchev–Trinajstić information content (AvgIpc) is 2.43. The Hall–Kier alpha value is -1.01. The third-order valence-corrected chi connectivity index (χ3v) is 3.35. The second-order valence-electron chi connectivity index (χ2n) is 4.15. The van der Waals surface area contributed by atoms with E-state index in [-0.39, 0.29) is 6.04 Å². The van der Waals surface area contributed by atoms with Gasteiger partial charge in [0.25, 0.3) is 0 Å². The summed E-state index contributed by atoms with van der Waals surface area (Å²) in [6.07, 6.45) is -0.114. The molecule has 108 valence electrons. The summed E-state index contributed by atoms with van der Waals surface area (Å²) in [6, 6.07) is 3.16. The van der Waals surface area contributed by atoms with Gasteiger partial charge >= 0.3 is 0 Å².